The molecule has 22 heavy (non-hydrogen) atoms. The molecule has 0 spiro atoms. The fourth-order valence-corrected chi connectivity index (χ4v) is 2.43. The molecule has 0 radical (unpaired) electrons. The van der Waals surface area contributed by atoms with Gasteiger partial charge in [-0.3, -0.25) is 0 Å². The van der Waals surface area contributed by atoms with Gasteiger partial charge in [0.1, 0.15) is 25.4 Å². The van der Waals surface area contributed by atoms with Crippen molar-refractivity contribution in [1.29, 1.82) is 0 Å². The molecule has 1 aromatic carbocycles. The second-order valence-corrected chi connectivity index (χ2v) is 6.14. The summed E-state index contributed by atoms with van der Waals surface area (Å²) in [5.41, 5.74) is 2.10. The van der Waals surface area contributed by atoms with Gasteiger partial charge in [-0.2, -0.15) is 0 Å². The fraction of sp³-hybridized carbons (Fsp3) is 0.412. The van der Waals surface area contributed by atoms with E-state index in [9.17, 15) is 0 Å². The first kappa shape index (κ1) is 14.6. The van der Waals surface area contributed by atoms with Crippen molar-refractivity contribution >= 4 is 5.82 Å². The molecular weight excluding hydrogens is 278 g/mol. The number of aryl methyl sites for hydroxylation is 1. The molecule has 0 aliphatic carbocycles. The van der Waals surface area contributed by atoms with Gasteiger partial charge in [-0.15, -0.1) is 0 Å². The zero-order chi connectivity index (χ0) is 15.6. The van der Waals surface area contributed by atoms with Crippen LogP contribution in [-0.4, -0.2) is 29.7 Å². The van der Waals surface area contributed by atoms with Gasteiger partial charge >= 0.3 is 0 Å². The molecule has 0 bridgehead atoms. The maximum Gasteiger partial charge on any atom is 0.161 e. The first-order valence-electron chi connectivity index (χ1n) is 7.47. The van der Waals surface area contributed by atoms with Crippen molar-refractivity contribution in [2.45, 2.75) is 26.2 Å². The number of benzene rings is 1. The van der Waals surface area contributed by atoms with E-state index in [0.29, 0.717) is 13.2 Å². The topological polar surface area (TPSA) is 56.3 Å². The summed E-state index contributed by atoms with van der Waals surface area (Å²) in [6.07, 6.45) is 1.58. The van der Waals surface area contributed by atoms with Gasteiger partial charge < -0.3 is 14.8 Å². The van der Waals surface area contributed by atoms with E-state index in [2.05, 4.69) is 41.3 Å². The molecule has 0 amide bonds. The Morgan fingerprint density at radius 2 is 1.86 bits per heavy atom. The van der Waals surface area contributed by atoms with E-state index in [-0.39, 0.29) is 5.41 Å². The molecule has 5 nitrogen and oxygen atoms in total. The molecule has 116 valence electrons. The predicted octanol–water partition coefficient (Wildman–Crippen LogP) is 2.95. The van der Waals surface area contributed by atoms with Crippen LogP contribution in [0.4, 0.5) is 5.82 Å². The number of anilines is 1. The van der Waals surface area contributed by atoms with E-state index in [1.54, 1.807) is 6.33 Å². The van der Waals surface area contributed by atoms with Gasteiger partial charge in [-0.1, -0.05) is 19.9 Å². The number of nitrogens with zero attached hydrogens (tertiary/aromatic N) is 2. The van der Waals surface area contributed by atoms with Crippen LogP contribution < -0.4 is 14.8 Å². The van der Waals surface area contributed by atoms with Crippen molar-refractivity contribution in [3.05, 3.63) is 41.9 Å². The van der Waals surface area contributed by atoms with Crippen LogP contribution in [-0.2, 0) is 5.41 Å². The molecule has 0 fully saturated rings. The number of hydrogen-bond acceptors (Lipinski definition) is 5. The normalized spacial score (nSPS) is 13.8. The summed E-state index contributed by atoms with van der Waals surface area (Å²) >= 11 is 0. The van der Waals surface area contributed by atoms with E-state index in [0.717, 1.165) is 29.6 Å². The Labute approximate surface area is 130 Å². The monoisotopic (exact) mass is 299 g/mol. The smallest absolute Gasteiger partial charge is 0.161 e. The highest BCUT2D eigenvalue weighted by Crippen LogP contribution is 2.35. The Hall–Kier alpha value is -2.30. The first-order valence-corrected chi connectivity index (χ1v) is 7.47. The molecule has 1 N–H and O–H groups in total. The van der Waals surface area contributed by atoms with E-state index >= 15 is 0 Å². The van der Waals surface area contributed by atoms with Gasteiger partial charge in [0.15, 0.2) is 11.5 Å². The van der Waals surface area contributed by atoms with Crippen LogP contribution in [0.5, 0.6) is 11.5 Å². The Bertz CT molecular complexity index is 671. The van der Waals surface area contributed by atoms with Crippen LogP contribution in [0.1, 0.15) is 25.1 Å². The standard InChI is InChI=1S/C17H21N3O2/c1-12-8-16(20-11-19-12)18-10-17(2,3)13-4-5-14-15(9-13)22-7-6-21-14/h4-5,8-9,11H,6-7,10H2,1-3H3,(H,18,19,20). The maximum atomic E-state index is 5.67. The third kappa shape index (κ3) is 3.13. The zero-order valence-electron chi connectivity index (χ0n) is 13.2. The molecule has 0 atom stereocenters. The van der Waals surface area contributed by atoms with E-state index < -0.39 is 0 Å². The van der Waals surface area contributed by atoms with Crippen molar-refractivity contribution in [1.82, 2.24) is 9.97 Å². The quantitative estimate of drug-likeness (QED) is 0.940. The minimum absolute atomic E-state index is 0.0608. The van der Waals surface area contributed by atoms with Crippen LogP contribution in [0.15, 0.2) is 30.6 Å². The molecule has 5 heteroatoms. The summed E-state index contributed by atoms with van der Waals surface area (Å²) in [4.78, 5) is 8.35. The second kappa shape index (κ2) is 5.83. The molecular formula is C17H21N3O2. The van der Waals surface area contributed by atoms with Gasteiger partial charge in [0.25, 0.3) is 0 Å². The zero-order valence-corrected chi connectivity index (χ0v) is 13.2. The Balaban J connectivity index is 1.74. The molecule has 0 saturated heterocycles. The number of nitrogens with one attached hydrogen (secondary N) is 1. The van der Waals surface area contributed by atoms with Crippen molar-refractivity contribution < 1.29 is 9.47 Å². The lowest BCUT2D eigenvalue weighted by atomic mass is 9.84. The molecule has 2 heterocycles. The second-order valence-electron chi connectivity index (χ2n) is 6.14. The SMILES string of the molecule is Cc1cc(NCC(C)(C)c2ccc3c(c2)OCCO3)ncn1. The molecule has 3 rings (SSSR count). The lowest BCUT2D eigenvalue weighted by Gasteiger charge is -2.28. The average Bonchev–Trinajstić information content (AvgIpc) is 2.53. The Morgan fingerprint density at radius 3 is 2.64 bits per heavy atom. The largest absolute Gasteiger partial charge is 0.486 e. The van der Waals surface area contributed by atoms with E-state index in [1.807, 2.05) is 19.1 Å². The third-order valence-corrected chi connectivity index (χ3v) is 3.84. The highest BCUT2D eigenvalue weighted by atomic mass is 16.6. The van der Waals surface area contributed by atoms with Gasteiger partial charge in [-0.05, 0) is 24.6 Å². The Kier molecular flexibility index (Phi) is 3.88. The van der Waals surface area contributed by atoms with Gasteiger partial charge in [0.05, 0.1) is 0 Å². The predicted molar refractivity (Wildman–Crippen MR) is 85.7 cm³/mol. The molecule has 0 unspecified atom stereocenters. The number of ether oxygens (including phenoxy) is 2. The van der Waals surface area contributed by atoms with Crippen LogP contribution in [0.25, 0.3) is 0 Å². The number of rotatable bonds is 4. The lowest BCUT2D eigenvalue weighted by molar-refractivity contribution is 0.171. The van der Waals surface area contributed by atoms with Crippen LogP contribution >= 0.6 is 0 Å². The van der Waals surface area contributed by atoms with Crippen molar-refractivity contribution in [3.63, 3.8) is 0 Å². The molecule has 1 aliphatic heterocycles. The minimum Gasteiger partial charge on any atom is -0.486 e. The number of aromatic nitrogens is 2. The lowest BCUT2D eigenvalue weighted by Crippen LogP contribution is -2.28. The molecule has 0 saturated carbocycles. The first-order chi connectivity index (χ1) is 10.5. The highest BCUT2D eigenvalue weighted by Gasteiger charge is 2.23. The summed E-state index contributed by atoms with van der Waals surface area (Å²) in [6.45, 7) is 8.33. The molecule has 2 aromatic rings. The summed E-state index contributed by atoms with van der Waals surface area (Å²) in [5, 5.41) is 3.38. The van der Waals surface area contributed by atoms with Crippen LogP contribution in [0.3, 0.4) is 0 Å². The summed E-state index contributed by atoms with van der Waals surface area (Å²) in [7, 11) is 0. The molecule has 1 aromatic heterocycles. The van der Waals surface area contributed by atoms with E-state index in [1.165, 1.54) is 5.56 Å². The molecule has 1 aliphatic rings. The summed E-state index contributed by atoms with van der Waals surface area (Å²) < 4.78 is 11.2. The Morgan fingerprint density at radius 1 is 1.09 bits per heavy atom. The van der Waals surface area contributed by atoms with Gasteiger partial charge in [-0.25, -0.2) is 9.97 Å². The summed E-state index contributed by atoms with van der Waals surface area (Å²) in [6, 6.07) is 8.10. The van der Waals surface area contributed by atoms with Crippen molar-refractivity contribution in [2.24, 2.45) is 0 Å². The van der Waals surface area contributed by atoms with E-state index in [4.69, 9.17) is 9.47 Å². The van der Waals surface area contributed by atoms with Crippen molar-refractivity contribution in [3.8, 4) is 11.5 Å². The van der Waals surface area contributed by atoms with Crippen LogP contribution in [0.2, 0.25) is 0 Å². The third-order valence-electron chi connectivity index (χ3n) is 3.84. The minimum atomic E-state index is -0.0608. The van der Waals surface area contributed by atoms with Crippen molar-refractivity contribution in [2.75, 3.05) is 25.1 Å². The maximum absolute atomic E-state index is 5.67. The summed E-state index contributed by atoms with van der Waals surface area (Å²) in [5.74, 6) is 2.50. The average molecular weight is 299 g/mol. The number of hydrogen-bond donors (Lipinski definition) is 1. The van der Waals surface area contributed by atoms with Crippen LogP contribution in [0, 0.1) is 6.92 Å². The van der Waals surface area contributed by atoms with Gasteiger partial charge in [0.2, 0.25) is 0 Å². The highest BCUT2D eigenvalue weighted by molar-refractivity contribution is 5.46. The fourth-order valence-electron chi connectivity index (χ4n) is 2.43. The number of fused-ring (bicyclic) bond motifs is 1. The van der Waals surface area contributed by atoms with Gasteiger partial charge in [0, 0.05) is 23.7 Å².